The van der Waals surface area contributed by atoms with Crippen LogP contribution in [0.1, 0.15) is 46.9 Å². The number of hydrogen-bond acceptors (Lipinski definition) is 6. The minimum atomic E-state index is -4.65. The number of anilines is 1. The summed E-state index contributed by atoms with van der Waals surface area (Å²) in [6.07, 6.45) is -4.65. The van der Waals surface area contributed by atoms with Gasteiger partial charge in [0, 0.05) is 31.4 Å². The SMILES string of the molecule is CCOC(=O)C1=C(C)N(c2cccc(C(F)(F)F)c2)C(=O)N(C)C1c1ccc(C#N)cc1C(=O)NCCN. The molecule has 0 bridgehead atoms. The van der Waals surface area contributed by atoms with E-state index in [-0.39, 0.29) is 53.3 Å². The van der Waals surface area contributed by atoms with Crippen LogP contribution in [0.25, 0.3) is 0 Å². The number of alkyl halides is 3. The first-order chi connectivity index (χ1) is 18.0. The second-order valence-electron chi connectivity index (χ2n) is 8.36. The lowest BCUT2D eigenvalue weighted by Gasteiger charge is -2.41. The number of allylic oxidation sites excluding steroid dienone is 1. The Morgan fingerprint density at radius 3 is 2.53 bits per heavy atom. The van der Waals surface area contributed by atoms with Gasteiger partial charge in [-0.3, -0.25) is 9.69 Å². The Morgan fingerprint density at radius 2 is 1.92 bits per heavy atom. The van der Waals surface area contributed by atoms with Gasteiger partial charge in [0.15, 0.2) is 0 Å². The first-order valence-electron chi connectivity index (χ1n) is 11.6. The fourth-order valence-electron chi connectivity index (χ4n) is 4.22. The smallest absolute Gasteiger partial charge is 0.416 e. The summed E-state index contributed by atoms with van der Waals surface area (Å²) in [4.78, 5) is 42.0. The number of amides is 3. The predicted molar refractivity (Wildman–Crippen MR) is 132 cm³/mol. The van der Waals surface area contributed by atoms with Crippen molar-refractivity contribution in [3.05, 3.63) is 76.0 Å². The normalized spacial score (nSPS) is 15.8. The molecular weight excluding hydrogens is 503 g/mol. The third kappa shape index (κ3) is 5.47. The lowest BCUT2D eigenvalue weighted by atomic mass is 9.89. The molecule has 0 saturated carbocycles. The largest absolute Gasteiger partial charge is 0.463 e. The summed E-state index contributed by atoms with van der Waals surface area (Å²) in [6.45, 7) is 3.28. The average molecular weight is 530 g/mol. The van der Waals surface area contributed by atoms with E-state index in [1.165, 1.54) is 38.2 Å². The molecule has 1 heterocycles. The Balaban J connectivity index is 2.27. The van der Waals surface area contributed by atoms with Crippen LogP contribution in [0.3, 0.4) is 0 Å². The van der Waals surface area contributed by atoms with Crippen LogP contribution >= 0.6 is 0 Å². The lowest BCUT2D eigenvalue weighted by Crippen LogP contribution is -2.49. The van der Waals surface area contributed by atoms with Gasteiger partial charge in [-0.15, -0.1) is 0 Å². The van der Waals surface area contributed by atoms with Crippen molar-refractivity contribution < 1.29 is 32.3 Å². The van der Waals surface area contributed by atoms with Crippen molar-refractivity contribution in [2.24, 2.45) is 5.73 Å². The number of nitrogens with two attached hydrogens (primary N) is 1. The molecule has 0 saturated heterocycles. The van der Waals surface area contributed by atoms with E-state index in [2.05, 4.69) is 5.32 Å². The van der Waals surface area contributed by atoms with E-state index in [1.54, 1.807) is 6.92 Å². The predicted octanol–water partition coefficient (Wildman–Crippen LogP) is 3.72. The molecule has 2 aromatic rings. The average Bonchev–Trinajstić information content (AvgIpc) is 2.88. The highest BCUT2D eigenvalue weighted by Crippen LogP contribution is 2.41. The van der Waals surface area contributed by atoms with E-state index in [0.717, 1.165) is 28.0 Å². The number of carbonyl (C=O) groups excluding carboxylic acids is 3. The summed E-state index contributed by atoms with van der Waals surface area (Å²) < 4.78 is 45.4. The molecule has 200 valence electrons. The third-order valence-corrected chi connectivity index (χ3v) is 5.96. The van der Waals surface area contributed by atoms with Gasteiger partial charge in [-0.05, 0) is 49.7 Å². The number of hydrogen-bond donors (Lipinski definition) is 2. The van der Waals surface area contributed by atoms with E-state index in [1.807, 2.05) is 6.07 Å². The van der Waals surface area contributed by atoms with Crippen molar-refractivity contribution >= 4 is 23.6 Å². The summed E-state index contributed by atoms with van der Waals surface area (Å²) >= 11 is 0. The van der Waals surface area contributed by atoms with Crippen LogP contribution in [0.4, 0.5) is 23.7 Å². The summed E-state index contributed by atoms with van der Waals surface area (Å²) in [5, 5.41) is 12.0. The first-order valence-corrected chi connectivity index (χ1v) is 11.6. The molecule has 38 heavy (non-hydrogen) atoms. The van der Waals surface area contributed by atoms with Gasteiger partial charge in [0.2, 0.25) is 0 Å². The molecule has 0 fully saturated rings. The number of halogens is 3. The van der Waals surface area contributed by atoms with Crippen molar-refractivity contribution in [2.45, 2.75) is 26.1 Å². The molecule has 0 radical (unpaired) electrons. The molecule has 0 spiro atoms. The molecule has 1 aliphatic heterocycles. The van der Waals surface area contributed by atoms with Gasteiger partial charge in [-0.1, -0.05) is 12.1 Å². The van der Waals surface area contributed by atoms with Gasteiger partial charge in [0.1, 0.15) is 0 Å². The van der Waals surface area contributed by atoms with E-state index in [0.29, 0.717) is 0 Å². The Kier molecular flexibility index (Phi) is 8.42. The molecule has 9 nitrogen and oxygen atoms in total. The van der Waals surface area contributed by atoms with Crippen molar-refractivity contribution in [1.29, 1.82) is 5.26 Å². The van der Waals surface area contributed by atoms with Crippen LogP contribution in [-0.2, 0) is 15.7 Å². The number of rotatable bonds is 7. The number of nitriles is 1. The number of benzene rings is 2. The van der Waals surface area contributed by atoms with Gasteiger partial charge in [-0.2, -0.15) is 18.4 Å². The molecule has 0 aromatic heterocycles. The second kappa shape index (κ2) is 11.4. The summed E-state index contributed by atoms with van der Waals surface area (Å²) in [5.41, 5.74) is 4.82. The minimum Gasteiger partial charge on any atom is -0.463 e. The fourth-order valence-corrected chi connectivity index (χ4v) is 4.22. The second-order valence-corrected chi connectivity index (χ2v) is 8.36. The highest BCUT2D eigenvalue weighted by molar-refractivity contribution is 6.04. The molecule has 1 unspecified atom stereocenters. The first kappa shape index (κ1) is 28.2. The van der Waals surface area contributed by atoms with Crippen LogP contribution in [0, 0.1) is 11.3 Å². The van der Waals surface area contributed by atoms with Gasteiger partial charge >= 0.3 is 18.2 Å². The van der Waals surface area contributed by atoms with Crippen LogP contribution in [0.5, 0.6) is 0 Å². The number of nitrogens with one attached hydrogen (secondary N) is 1. The van der Waals surface area contributed by atoms with Crippen LogP contribution in [0.2, 0.25) is 0 Å². The number of nitrogens with zero attached hydrogens (tertiary/aromatic N) is 3. The fraction of sp³-hybridized carbons (Fsp3) is 0.308. The topological polar surface area (TPSA) is 129 Å². The maximum absolute atomic E-state index is 13.6. The number of urea groups is 1. The molecule has 3 N–H and O–H groups in total. The standard InChI is InChI=1S/C26H26F3N5O4/c1-4-38-24(36)21-15(2)34(18-7-5-6-17(13-18)26(27,28)29)25(37)33(3)22(21)19-9-8-16(14-31)12-20(19)23(35)32-11-10-30/h5-9,12-13,22H,4,10-11,30H2,1-3H3,(H,32,35). The van der Waals surface area contributed by atoms with Crippen LogP contribution < -0.4 is 16.0 Å². The van der Waals surface area contributed by atoms with Crippen molar-refractivity contribution in [1.82, 2.24) is 10.2 Å². The van der Waals surface area contributed by atoms with Gasteiger partial charge in [-0.25, -0.2) is 9.59 Å². The summed E-state index contributed by atoms with van der Waals surface area (Å²) in [5.74, 6) is -1.39. The molecule has 0 aliphatic carbocycles. The molecule has 2 aromatic carbocycles. The van der Waals surface area contributed by atoms with Crippen molar-refractivity contribution in [3.8, 4) is 6.07 Å². The zero-order chi connectivity index (χ0) is 28.2. The lowest BCUT2D eigenvalue weighted by molar-refractivity contribution is -0.139. The Morgan fingerprint density at radius 1 is 1.21 bits per heavy atom. The maximum atomic E-state index is 13.6. The number of carbonyl (C=O) groups is 3. The Hall–Kier alpha value is -4.37. The highest BCUT2D eigenvalue weighted by atomic mass is 19.4. The highest BCUT2D eigenvalue weighted by Gasteiger charge is 2.43. The van der Waals surface area contributed by atoms with Crippen molar-refractivity contribution in [2.75, 3.05) is 31.6 Å². The van der Waals surface area contributed by atoms with E-state index >= 15 is 0 Å². The Labute approximate surface area is 217 Å². The molecule has 12 heteroatoms. The van der Waals surface area contributed by atoms with E-state index < -0.39 is 35.7 Å². The number of esters is 1. The zero-order valence-electron chi connectivity index (χ0n) is 20.9. The molecular formula is C26H26F3N5O4. The zero-order valence-corrected chi connectivity index (χ0v) is 20.9. The van der Waals surface area contributed by atoms with Crippen LogP contribution in [-0.4, -0.2) is 49.6 Å². The minimum absolute atomic E-state index is 0.0131. The van der Waals surface area contributed by atoms with E-state index in [4.69, 9.17) is 10.5 Å². The monoisotopic (exact) mass is 529 g/mol. The summed E-state index contributed by atoms with van der Waals surface area (Å²) in [7, 11) is 1.36. The molecule has 1 atom stereocenters. The summed E-state index contributed by atoms with van der Waals surface area (Å²) in [6, 6.07) is 8.45. The quantitative estimate of drug-likeness (QED) is 0.526. The number of likely N-dealkylation sites (N-methyl/N-ethyl adjacent to an activating group) is 1. The van der Waals surface area contributed by atoms with Gasteiger partial charge in [0.05, 0.1) is 41.1 Å². The number of ether oxygens (including phenoxy) is 1. The maximum Gasteiger partial charge on any atom is 0.416 e. The van der Waals surface area contributed by atoms with Gasteiger partial charge < -0.3 is 20.7 Å². The molecule has 3 rings (SSSR count). The van der Waals surface area contributed by atoms with Crippen molar-refractivity contribution in [3.63, 3.8) is 0 Å². The van der Waals surface area contributed by atoms with E-state index in [9.17, 15) is 32.8 Å². The Bertz CT molecular complexity index is 1330. The third-order valence-electron chi connectivity index (χ3n) is 5.96. The molecule has 1 aliphatic rings. The molecule has 3 amide bonds. The van der Waals surface area contributed by atoms with Gasteiger partial charge in [0.25, 0.3) is 5.91 Å². The van der Waals surface area contributed by atoms with Crippen LogP contribution in [0.15, 0.2) is 53.7 Å².